The van der Waals surface area contributed by atoms with Crippen LogP contribution in [0.15, 0.2) is 64.8 Å². The van der Waals surface area contributed by atoms with E-state index in [1.54, 1.807) is 36.4 Å². The van der Waals surface area contributed by atoms with Crippen LogP contribution in [-0.2, 0) is 0 Å². The van der Waals surface area contributed by atoms with Gasteiger partial charge in [0.1, 0.15) is 5.69 Å². The number of nitrogen functional groups attached to an aromatic ring is 1. The van der Waals surface area contributed by atoms with Gasteiger partial charge in [-0.25, -0.2) is 4.57 Å². The largest absolute Gasteiger partial charge is 0.493 e. The molecule has 1 heterocycles. The van der Waals surface area contributed by atoms with Crippen molar-refractivity contribution in [2.75, 3.05) is 5.73 Å². The zero-order valence-corrected chi connectivity index (χ0v) is 12.5. The van der Waals surface area contributed by atoms with Gasteiger partial charge in [-0.05, 0) is 31.2 Å². The second-order valence-electron chi connectivity index (χ2n) is 5.12. The molecule has 3 rings (SSSR count). The quantitative estimate of drug-likeness (QED) is 0.633. The molecular formula is C17H16N4O2. The summed E-state index contributed by atoms with van der Waals surface area (Å²) >= 11 is 0. The van der Waals surface area contributed by atoms with E-state index in [2.05, 4.69) is 10.2 Å². The monoisotopic (exact) mass is 308 g/mol. The van der Waals surface area contributed by atoms with Crippen molar-refractivity contribution in [1.82, 2.24) is 4.57 Å². The van der Waals surface area contributed by atoms with Gasteiger partial charge in [-0.1, -0.05) is 35.9 Å². The molecule has 0 spiro atoms. The topological polar surface area (TPSA) is 96.1 Å². The molecule has 0 atom stereocenters. The third-order valence-electron chi connectivity index (χ3n) is 3.45. The predicted octanol–water partition coefficient (Wildman–Crippen LogP) is 4.19. The zero-order chi connectivity index (χ0) is 16.4. The summed E-state index contributed by atoms with van der Waals surface area (Å²) in [5, 5.41) is 28.5. The second kappa shape index (κ2) is 5.84. The van der Waals surface area contributed by atoms with Gasteiger partial charge in [0.05, 0.1) is 11.4 Å². The minimum Gasteiger partial charge on any atom is -0.493 e. The summed E-state index contributed by atoms with van der Waals surface area (Å²) in [4.78, 5) is 0. The fraction of sp³-hybridized carbons (Fsp3) is 0.0588. The van der Waals surface area contributed by atoms with Crippen LogP contribution in [0.2, 0.25) is 0 Å². The number of nitrogens with zero attached hydrogens (tertiary/aromatic N) is 3. The number of rotatable bonds is 3. The lowest BCUT2D eigenvalue weighted by Crippen LogP contribution is -1.92. The smallest absolute Gasteiger partial charge is 0.229 e. The molecule has 1 aromatic heterocycles. The first-order valence-corrected chi connectivity index (χ1v) is 7.04. The lowest BCUT2D eigenvalue weighted by molar-refractivity contribution is 0.404. The summed E-state index contributed by atoms with van der Waals surface area (Å²) in [5.41, 5.74) is 8.17. The maximum Gasteiger partial charge on any atom is 0.229 e. The third kappa shape index (κ3) is 2.74. The van der Waals surface area contributed by atoms with E-state index >= 15 is 0 Å². The SMILES string of the molecule is Cc1ccc(N=Nc2c(N)c(O)n(-c3ccccc3)c2O)cc1. The number of anilines is 1. The van der Waals surface area contributed by atoms with Crippen LogP contribution in [0.3, 0.4) is 0 Å². The Labute approximate surface area is 133 Å². The molecule has 3 aromatic rings. The van der Waals surface area contributed by atoms with Gasteiger partial charge in [0.15, 0.2) is 5.69 Å². The van der Waals surface area contributed by atoms with E-state index in [1.807, 2.05) is 25.1 Å². The number of para-hydroxylation sites is 1. The molecular weight excluding hydrogens is 292 g/mol. The van der Waals surface area contributed by atoms with Crippen molar-refractivity contribution >= 4 is 17.1 Å². The number of aromatic nitrogens is 1. The Morgan fingerprint density at radius 1 is 0.870 bits per heavy atom. The minimum atomic E-state index is -0.272. The Kier molecular flexibility index (Phi) is 3.72. The predicted molar refractivity (Wildman–Crippen MR) is 88.9 cm³/mol. The van der Waals surface area contributed by atoms with Gasteiger partial charge in [0, 0.05) is 0 Å². The number of aryl methyl sites for hydroxylation is 1. The van der Waals surface area contributed by atoms with Crippen LogP contribution in [0.1, 0.15) is 5.56 Å². The molecule has 0 amide bonds. The molecule has 0 aliphatic carbocycles. The van der Waals surface area contributed by atoms with E-state index in [0.717, 1.165) is 5.56 Å². The van der Waals surface area contributed by atoms with Crippen molar-refractivity contribution in [3.8, 4) is 17.4 Å². The number of aromatic hydroxyl groups is 2. The lowest BCUT2D eigenvalue weighted by atomic mass is 10.2. The Morgan fingerprint density at radius 3 is 2.17 bits per heavy atom. The van der Waals surface area contributed by atoms with Crippen LogP contribution < -0.4 is 5.73 Å². The molecule has 116 valence electrons. The summed E-state index contributed by atoms with van der Waals surface area (Å²) in [6.45, 7) is 1.97. The molecule has 23 heavy (non-hydrogen) atoms. The number of hydrogen-bond donors (Lipinski definition) is 3. The molecule has 4 N–H and O–H groups in total. The summed E-state index contributed by atoms with van der Waals surface area (Å²) in [6, 6.07) is 16.3. The van der Waals surface area contributed by atoms with Crippen LogP contribution in [-0.4, -0.2) is 14.8 Å². The molecule has 2 aromatic carbocycles. The summed E-state index contributed by atoms with van der Waals surface area (Å²) in [5.74, 6) is -0.534. The van der Waals surface area contributed by atoms with Crippen molar-refractivity contribution in [3.05, 3.63) is 60.2 Å². The van der Waals surface area contributed by atoms with Crippen LogP contribution in [0.5, 0.6) is 11.8 Å². The first kappa shape index (κ1) is 14.6. The van der Waals surface area contributed by atoms with Crippen molar-refractivity contribution in [1.29, 1.82) is 0 Å². The van der Waals surface area contributed by atoms with Gasteiger partial charge in [-0.15, -0.1) is 5.11 Å². The molecule has 6 heteroatoms. The van der Waals surface area contributed by atoms with Crippen LogP contribution in [0.4, 0.5) is 17.1 Å². The number of nitrogens with two attached hydrogens (primary N) is 1. The van der Waals surface area contributed by atoms with Crippen molar-refractivity contribution in [2.45, 2.75) is 6.92 Å². The maximum atomic E-state index is 10.3. The highest BCUT2D eigenvalue weighted by molar-refractivity contribution is 5.77. The standard InChI is InChI=1S/C17H16N4O2/c1-11-7-9-12(10-8-11)19-20-15-14(18)16(22)21(17(15)23)13-5-3-2-4-6-13/h2-10,22-23H,18H2,1H3. The Morgan fingerprint density at radius 2 is 1.52 bits per heavy atom. The molecule has 0 aliphatic heterocycles. The lowest BCUT2D eigenvalue weighted by Gasteiger charge is -2.05. The highest BCUT2D eigenvalue weighted by Gasteiger charge is 2.21. The van der Waals surface area contributed by atoms with E-state index in [4.69, 9.17) is 5.73 Å². The molecule has 0 saturated carbocycles. The van der Waals surface area contributed by atoms with Crippen molar-refractivity contribution in [3.63, 3.8) is 0 Å². The molecule has 0 unspecified atom stereocenters. The fourth-order valence-corrected chi connectivity index (χ4v) is 2.19. The van der Waals surface area contributed by atoms with E-state index < -0.39 is 0 Å². The molecule has 0 fully saturated rings. The maximum absolute atomic E-state index is 10.3. The highest BCUT2D eigenvalue weighted by Crippen LogP contribution is 2.45. The van der Waals surface area contributed by atoms with Gasteiger partial charge < -0.3 is 15.9 Å². The fourth-order valence-electron chi connectivity index (χ4n) is 2.19. The van der Waals surface area contributed by atoms with Crippen molar-refractivity contribution < 1.29 is 10.2 Å². The summed E-state index contributed by atoms with van der Waals surface area (Å²) in [6.07, 6.45) is 0. The summed E-state index contributed by atoms with van der Waals surface area (Å²) in [7, 11) is 0. The average Bonchev–Trinajstić information content (AvgIpc) is 2.78. The van der Waals surface area contributed by atoms with Crippen LogP contribution in [0.25, 0.3) is 5.69 Å². The first-order valence-electron chi connectivity index (χ1n) is 7.04. The minimum absolute atomic E-state index is 0.0257. The van der Waals surface area contributed by atoms with Gasteiger partial charge in [0.2, 0.25) is 11.8 Å². The Bertz CT molecular complexity index is 853. The number of azo groups is 1. The zero-order valence-electron chi connectivity index (χ0n) is 12.5. The number of benzene rings is 2. The van der Waals surface area contributed by atoms with Gasteiger partial charge >= 0.3 is 0 Å². The average molecular weight is 308 g/mol. The molecule has 0 aliphatic rings. The van der Waals surface area contributed by atoms with E-state index in [-0.39, 0.29) is 23.1 Å². The second-order valence-corrected chi connectivity index (χ2v) is 5.12. The molecule has 0 bridgehead atoms. The van der Waals surface area contributed by atoms with Gasteiger partial charge in [-0.3, -0.25) is 0 Å². The highest BCUT2D eigenvalue weighted by atomic mass is 16.3. The number of hydrogen-bond acceptors (Lipinski definition) is 5. The first-order chi connectivity index (χ1) is 11.1. The summed E-state index contributed by atoms with van der Waals surface area (Å²) < 4.78 is 1.22. The molecule has 6 nitrogen and oxygen atoms in total. The van der Waals surface area contributed by atoms with E-state index in [9.17, 15) is 10.2 Å². The van der Waals surface area contributed by atoms with Crippen LogP contribution in [0, 0.1) is 6.92 Å². The van der Waals surface area contributed by atoms with E-state index in [1.165, 1.54) is 4.57 Å². The molecule has 0 radical (unpaired) electrons. The van der Waals surface area contributed by atoms with E-state index in [0.29, 0.717) is 11.4 Å². The normalized spacial score (nSPS) is 11.2. The van der Waals surface area contributed by atoms with Crippen molar-refractivity contribution in [2.24, 2.45) is 10.2 Å². The van der Waals surface area contributed by atoms with Gasteiger partial charge in [-0.2, -0.15) is 5.11 Å². The van der Waals surface area contributed by atoms with Crippen LogP contribution >= 0.6 is 0 Å². The molecule has 0 saturated heterocycles. The Balaban J connectivity index is 2.02. The third-order valence-corrected chi connectivity index (χ3v) is 3.45. The Hall–Kier alpha value is -3.28. The van der Waals surface area contributed by atoms with Gasteiger partial charge in [0.25, 0.3) is 0 Å².